The highest BCUT2D eigenvalue weighted by atomic mass is 16.3. The molecule has 0 spiro atoms. The maximum atomic E-state index is 12.2. The summed E-state index contributed by atoms with van der Waals surface area (Å²) in [6.45, 7) is 0. The number of aliphatic hydroxyl groups is 1. The lowest BCUT2D eigenvalue weighted by atomic mass is 10.1. The second-order valence-electron chi connectivity index (χ2n) is 5.99. The molecule has 1 aliphatic rings. The molecule has 3 N–H and O–H groups in total. The molecular formula is C18H21N3O2. The number of carbonyl (C=O) groups excluding carboxylic acids is 1. The van der Waals surface area contributed by atoms with Crippen LogP contribution < -0.4 is 15.5 Å². The van der Waals surface area contributed by atoms with Crippen molar-refractivity contribution in [1.82, 2.24) is 5.32 Å². The molecular weight excluding hydrogens is 290 g/mol. The number of benzene rings is 2. The fraction of sp³-hybridized carbons (Fsp3) is 0.278. The summed E-state index contributed by atoms with van der Waals surface area (Å²) in [5.74, 6) is 0. The van der Waals surface area contributed by atoms with E-state index in [0.717, 1.165) is 16.8 Å². The third kappa shape index (κ3) is 3.29. The lowest BCUT2D eigenvalue weighted by Gasteiger charge is -2.19. The number of nitrogens with zero attached hydrogens (tertiary/aromatic N) is 1. The maximum absolute atomic E-state index is 12.2. The van der Waals surface area contributed by atoms with Gasteiger partial charge >= 0.3 is 6.03 Å². The Morgan fingerprint density at radius 3 is 2.52 bits per heavy atom. The molecule has 0 saturated heterocycles. The van der Waals surface area contributed by atoms with Crippen LogP contribution in [0.5, 0.6) is 0 Å². The van der Waals surface area contributed by atoms with Crippen LogP contribution in [0.15, 0.2) is 48.5 Å². The smallest absolute Gasteiger partial charge is 0.319 e. The molecule has 0 heterocycles. The second kappa shape index (κ2) is 6.30. The molecule has 0 aliphatic heterocycles. The van der Waals surface area contributed by atoms with E-state index in [9.17, 15) is 9.90 Å². The van der Waals surface area contributed by atoms with Crippen molar-refractivity contribution in [2.75, 3.05) is 24.3 Å². The van der Waals surface area contributed by atoms with Crippen molar-refractivity contribution in [3.63, 3.8) is 0 Å². The van der Waals surface area contributed by atoms with Crippen LogP contribution >= 0.6 is 0 Å². The Kier molecular flexibility index (Phi) is 4.21. The quantitative estimate of drug-likeness (QED) is 0.816. The summed E-state index contributed by atoms with van der Waals surface area (Å²) in [7, 11) is 3.93. The first kappa shape index (κ1) is 15.4. The Labute approximate surface area is 135 Å². The summed E-state index contributed by atoms with van der Waals surface area (Å²) in [5, 5.41) is 15.8. The van der Waals surface area contributed by atoms with Gasteiger partial charge in [-0.15, -0.1) is 0 Å². The van der Waals surface area contributed by atoms with Crippen molar-refractivity contribution < 1.29 is 9.90 Å². The molecule has 2 amide bonds. The largest absolute Gasteiger partial charge is 0.390 e. The summed E-state index contributed by atoms with van der Waals surface area (Å²) >= 11 is 0. The third-order valence-electron chi connectivity index (χ3n) is 4.13. The van der Waals surface area contributed by atoms with Gasteiger partial charge in [-0.05, 0) is 35.4 Å². The topological polar surface area (TPSA) is 64.6 Å². The molecule has 3 rings (SSSR count). The van der Waals surface area contributed by atoms with Crippen LogP contribution in [-0.2, 0) is 6.42 Å². The van der Waals surface area contributed by atoms with Crippen LogP contribution in [0.1, 0.15) is 17.2 Å². The lowest BCUT2D eigenvalue weighted by molar-refractivity contribution is 0.144. The van der Waals surface area contributed by atoms with E-state index >= 15 is 0 Å². The van der Waals surface area contributed by atoms with Gasteiger partial charge in [-0.25, -0.2) is 4.79 Å². The van der Waals surface area contributed by atoms with Crippen molar-refractivity contribution in [1.29, 1.82) is 0 Å². The molecule has 0 radical (unpaired) electrons. The number of hydrogen-bond donors (Lipinski definition) is 3. The zero-order valence-electron chi connectivity index (χ0n) is 13.3. The summed E-state index contributed by atoms with van der Waals surface area (Å²) in [6, 6.07) is 14.7. The van der Waals surface area contributed by atoms with Gasteiger partial charge < -0.3 is 20.6 Å². The van der Waals surface area contributed by atoms with E-state index in [1.54, 1.807) is 0 Å². The van der Waals surface area contributed by atoms with Gasteiger partial charge in [0.2, 0.25) is 0 Å². The summed E-state index contributed by atoms with van der Waals surface area (Å²) in [6.07, 6.45) is -0.0205. The van der Waals surface area contributed by atoms with E-state index in [-0.39, 0.29) is 12.1 Å². The molecule has 0 fully saturated rings. The number of anilines is 2. The van der Waals surface area contributed by atoms with Crippen molar-refractivity contribution in [3.05, 3.63) is 59.7 Å². The van der Waals surface area contributed by atoms with Crippen LogP contribution in [0.4, 0.5) is 16.2 Å². The fourth-order valence-electron chi connectivity index (χ4n) is 2.90. The molecule has 0 saturated carbocycles. The first-order valence-electron chi connectivity index (χ1n) is 7.65. The van der Waals surface area contributed by atoms with Gasteiger partial charge in [-0.3, -0.25) is 0 Å². The first-order chi connectivity index (χ1) is 11.0. The number of carbonyl (C=O) groups is 1. The van der Waals surface area contributed by atoms with Crippen LogP contribution in [0, 0.1) is 0 Å². The minimum Gasteiger partial charge on any atom is -0.390 e. The minimum absolute atomic E-state index is 0.316. The Hall–Kier alpha value is -2.53. The standard InChI is InChI=1S/C18H21N3O2/c1-21(2)14-9-7-13(8-10-14)19-18(23)20-17-15-6-4-3-5-12(15)11-16(17)22/h3-10,16-17,22H,11H2,1-2H3,(H2,19,20,23)/t16-,17+/m0/s1. The van der Waals surface area contributed by atoms with Gasteiger partial charge in [0, 0.05) is 31.9 Å². The highest BCUT2D eigenvalue weighted by Crippen LogP contribution is 2.31. The summed E-state index contributed by atoms with van der Waals surface area (Å²) in [4.78, 5) is 14.2. The average Bonchev–Trinajstić information content (AvgIpc) is 2.84. The van der Waals surface area contributed by atoms with Gasteiger partial charge in [-0.2, -0.15) is 0 Å². The van der Waals surface area contributed by atoms with E-state index in [2.05, 4.69) is 10.6 Å². The van der Waals surface area contributed by atoms with Crippen LogP contribution in [0.3, 0.4) is 0 Å². The van der Waals surface area contributed by atoms with Crippen molar-refractivity contribution in [3.8, 4) is 0 Å². The Balaban J connectivity index is 1.66. The predicted molar refractivity (Wildman–Crippen MR) is 91.8 cm³/mol. The van der Waals surface area contributed by atoms with E-state index in [1.165, 1.54) is 0 Å². The monoisotopic (exact) mass is 311 g/mol. The number of urea groups is 1. The first-order valence-corrected chi connectivity index (χ1v) is 7.65. The molecule has 0 aromatic heterocycles. The van der Waals surface area contributed by atoms with E-state index in [4.69, 9.17) is 0 Å². The lowest BCUT2D eigenvalue weighted by Crippen LogP contribution is -2.36. The number of fused-ring (bicyclic) bond motifs is 1. The highest BCUT2D eigenvalue weighted by molar-refractivity contribution is 5.89. The van der Waals surface area contributed by atoms with Gasteiger partial charge in [0.05, 0.1) is 12.1 Å². The Morgan fingerprint density at radius 1 is 1.13 bits per heavy atom. The minimum atomic E-state index is -0.589. The molecule has 120 valence electrons. The number of rotatable bonds is 3. The van der Waals surface area contributed by atoms with Crippen LogP contribution in [0.25, 0.3) is 0 Å². The van der Waals surface area contributed by atoms with Gasteiger partial charge in [0.25, 0.3) is 0 Å². The van der Waals surface area contributed by atoms with Crippen molar-refractivity contribution >= 4 is 17.4 Å². The molecule has 2 atom stereocenters. The molecule has 0 bridgehead atoms. The zero-order valence-corrected chi connectivity index (χ0v) is 13.3. The number of aliphatic hydroxyl groups excluding tert-OH is 1. The van der Waals surface area contributed by atoms with Crippen LogP contribution in [0.2, 0.25) is 0 Å². The molecule has 1 aliphatic carbocycles. The summed E-state index contributed by atoms with van der Waals surface area (Å²) < 4.78 is 0. The number of nitrogens with one attached hydrogen (secondary N) is 2. The van der Waals surface area contributed by atoms with E-state index in [0.29, 0.717) is 12.1 Å². The van der Waals surface area contributed by atoms with Crippen molar-refractivity contribution in [2.24, 2.45) is 0 Å². The zero-order chi connectivity index (χ0) is 16.4. The molecule has 5 heteroatoms. The molecule has 2 aromatic carbocycles. The molecule has 23 heavy (non-hydrogen) atoms. The molecule has 5 nitrogen and oxygen atoms in total. The van der Waals surface area contributed by atoms with Crippen molar-refractivity contribution in [2.45, 2.75) is 18.6 Å². The molecule has 0 unspecified atom stereocenters. The van der Waals surface area contributed by atoms with E-state index < -0.39 is 6.10 Å². The fourth-order valence-corrected chi connectivity index (χ4v) is 2.90. The van der Waals surface area contributed by atoms with Gasteiger partial charge in [-0.1, -0.05) is 24.3 Å². The number of amides is 2. The predicted octanol–water partition coefficient (Wildman–Crippen LogP) is 2.53. The van der Waals surface area contributed by atoms with Gasteiger partial charge in [0.1, 0.15) is 0 Å². The average molecular weight is 311 g/mol. The number of hydrogen-bond acceptors (Lipinski definition) is 3. The SMILES string of the molecule is CN(C)c1ccc(NC(=O)N[C@@H]2c3ccccc3C[C@@H]2O)cc1. The maximum Gasteiger partial charge on any atom is 0.319 e. The van der Waals surface area contributed by atoms with Crippen LogP contribution in [-0.4, -0.2) is 31.3 Å². The highest BCUT2D eigenvalue weighted by Gasteiger charge is 2.31. The van der Waals surface area contributed by atoms with E-state index in [1.807, 2.05) is 67.5 Å². The third-order valence-corrected chi connectivity index (χ3v) is 4.13. The molecule has 2 aromatic rings. The Bertz CT molecular complexity index is 698. The summed E-state index contributed by atoms with van der Waals surface area (Å²) in [5.41, 5.74) is 3.85. The second-order valence-corrected chi connectivity index (χ2v) is 5.99. The normalized spacial score (nSPS) is 19.1. The van der Waals surface area contributed by atoms with Gasteiger partial charge in [0.15, 0.2) is 0 Å². The Morgan fingerprint density at radius 2 is 1.83 bits per heavy atom.